The second kappa shape index (κ2) is 7.38. The van der Waals surface area contributed by atoms with E-state index in [1.165, 1.54) is 0 Å². The van der Waals surface area contributed by atoms with E-state index in [0.29, 0.717) is 0 Å². The summed E-state index contributed by atoms with van der Waals surface area (Å²) in [5, 5.41) is 8.83. The minimum Gasteiger partial charge on any atom is -0.255 e. The first-order chi connectivity index (χ1) is 11.1. The van der Waals surface area contributed by atoms with Crippen molar-refractivity contribution in [2.24, 2.45) is 10.1 Å². The topological polar surface area (TPSA) is 29.6 Å². The van der Waals surface area contributed by atoms with E-state index < -0.39 is 0 Å². The Morgan fingerprint density at radius 3 is 2.57 bits per heavy atom. The molecule has 2 aromatic heterocycles. The number of rotatable bonds is 4. The zero-order chi connectivity index (χ0) is 16.2. The van der Waals surface area contributed by atoms with E-state index in [9.17, 15) is 0 Å². The molecule has 0 spiro atoms. The summed E-state index contributed by atoms with van der Waals surface area (Å²) in [5.41, 5.74) is 2.17. The molecule has 3 aromatic rings. The minimum atomic E-state index is 0.231. The fourth-order valence-electron chi connectivity index (χ4n) is 2.02. The van der Waals surface area contributed by atoms with Crippen molar-refractivity contribution in [3.8, 4) is 11.3 Å². The Labute approximate surface area is 151 Å². The van der Waals surface area contributed by atoms with Crippen molar-refractivity contribution < 1.29 is 0 Å². The van der Waals surface area contributed by atoms with E-state index in [1.807, 2.05) is 29.1 Å². The highest BCUT2D eigenvalue weighted by atomic mass is 79.9. The van der Waals surface area contributed by atoms with Crippen LogP contribution in [0.3, 0.4) is 0 Å². The molecule has 0 atom stereocenters. The van der Waals surface area contributed by atoms with Crippen LogP contribution in [-0.2, 0) is 0 Å². The van der Waals surface area contributed by atoms with Gasteiger partial charge in [-0.2, -0.15) is 5.10 Å². The molecule has 0 aliphatic rings. The van der Waals surface area contributed by atoms with Gasteiger partial charge in [0, 0.05) is 26.3 Å². The molecule has 2 heterocycles. The van der Waals surface area contributed by atoms with Gasteiger partial charge in [-0.25, -0.2) is 4.68 Å². The minimum absolute atomic E-state index is 0.231. The standard InChI is InChI=1S/C17H16BrN3S2/c1-12(2)20-17-21(19-10-15-4-3-9-22-15)16(11-23-17)13-5-7-14(18)8-6-13/h3-12H,1-2H3. The van der Waals surface area contributed by atoms with Gasteiger partial charge in [-0.15, -0.1) is 22.7 Å². The molecule has 23 heavy (non-hydrogen) atoms. The van der Waals surface area contributed by atoms with Crippen molar-refractivity contribution in [3.63, 3.8) is 0 Å². The number of nitrogens with zero attached hydrogens (tertiary/aromatic N) is 3. The van der Waals surface area contributed by atoms with Crippen molar-refractivity contribution in [1.82, 2.24) is 4.68 Å². The highest BCUT2D eigenvalue weighted by molar-refractivity contribution is 9.10. The molecule has 118 valence electrons. The average Bonchev–Trinajstić information content (AvgIpc) is 3.15. The van der Waals surface area contributed by atoms with Crippen molar-refractivity contribution in [1.29, 1.82) is 0 Å². The molecule has 3 rings (SSSR count). The summed E-state index contributed by atoms with van der Waals surface area (Å²) in [6.07, 6.45) is 1.89. The van der Waals surface area contributed by atoms with E-state index >= 15 is 0 Å². The number of aromatic nitrogens is 1. The van der Waals surface area contributed by atoms with Crippen LogP contribution in [0.2, 0.25) is 0 Å². The molecule has 0 aliphatic heterocycles. The molecule has 0 fully saturated rings. The van der Waals surface area contributed by atoms with Gasteiger partial charge in [0.05, 0.1) is 11.9 Å². The lowest BCUT2D eigenvalue weighted by Crippen LogP contribution is -2.14. The number of hydrogen-bond acceptors (Lipinski definition) is 4. The lowest BCUT2D eigenvalue weighted by Gasteiger charge is -2.04. The van der Waals surface area contributed by atoms with E-state index in [-0.39, 0.29) is 6.04 Å². The van der Waals surface area contributed by atoms with Crippen LogP contribution in [0.1, 0.15) is 18.7 Å². The lowest BCUT2D eigenvalue weighted by atomic mass is 10.2. The first kappa shape index (κ1) is 16.4. The van der Waals surface area contributed by atoms with Crippen LogP contribution < -0.4 is 4.80 Å². The average molecular weight is 406 g/mol. The van der Waals surface area contributed by atoms with E-state index in [0.717, 1.165) is 25.4 Å². The van der Waals surface area contributed by atoms with Gasteiger partial charge in [0.25, 0.3) is 0 Å². The Morgan fingerprint density at radius 2 is 1.91 bits per heavy atom. The number of thiophene rings is 1. The molecule has 0 saturated carbocycles. The molecule has 0 radical (unpaired) electrons. The third kappa shape index (κ3) is 4.07. The summed E-state index contributed by atoms with van der Waals surface area (Å²) in [4.78, 5) is 6.72. The van der Waals surface area contributed by atoms with Gasteiger partial charge >= 0.3 is 0 Å². The van der Waals surface area contributed by atoms with Crippen LogP contribution in [0.5, 0.6) is 0 Å². The van der Waals surface area contributed by atoms with Gasteiger partial charge in [-0.05, 0) is 37.4 Å². The Morgan fingerprint density at radius 1 is 1.13 bits per heavy atom. The zero-order valence-electron chi connectivity index (χ0n) is 12.8. The maximum absolute atomic E-state index is 4.68. The molecule has 1 aromatic carbocycles. The van der Waals surface area contributed by atoms with E-state index in [1.54, 1.807) is 22.7 Å². The van der Waals surface area contributed by atoms with Crippen LogP contribution in [0, 0.1) is 0 Å². The molecule has 6 heteroatoms. The molecule has 0 N–H and O–H groups in total. The number of hydrogen-bond donors (Lipinski definition) is 0. The van der Waals surface area contributed by atoms with E-state index in [4.69, 9.17) is 0 Å². The molecule has 0 aliphatic carbocycles. The van der Waals surface area contributed by atoms with Crippen molar-refractivity contribution in [3.05, 3.63) is 61.3 Å². The fraction of sp³-hybridized carbons (Fsp3) is 0.176. The largest absolute Gasteiger partial charge is 0.255 e. The number of benzene rings is 1. The Hall–Kier alpha value is -1.50. The van der Waals surface area contributed by atoms with Crippen molar-refractivity contribution in [2.45, 2.75) is 19.9 Å². The Balaban J connectivity index is 2.09. The van der Waals surface area contributed by atoms with Gasteiger partial charge in [-0.3, -0.25) is 4.99 Å². The molecular formula is C17H16BrN3S2. The van der Waals surface area contributed by atoms with Crippen LogP contribution >= 0.6 is 38.6 Å². The van der Waals surface area contributed by atoms with Crippen molar-refractivity contribution in [2.75, 3.05) is 0 Å². The fourth-order valence-corrected chi connectivity index (χ4v) is 3.83. The van der Waals surface area contributed by atoms with Crippen LogP contribution in [0.15, 0.2) is 61.7 Å². The van der Waals surface area contributed by atoms with Crippen LogP contribution in [0.4, 0.5) is 0 Å². The highest BCUT2D eigenvalue weighted by Gasteiger charge is 2.08. The van der Waals surface area contributed by atoms with Crippen molar-refractivity contribution >= 4 is 44.8 Å². The first-order valence-electron chi connectivity index (χ1n) is 7.21. The second-order valence-corrected chi connectivity index (χ2v) is 7.94. The molecule has 0 bridgehead atoms. The highest BCUT2D eigenvalue weighted by Crippen LogP contribution is 2.22. The van der Waals surface area contributed by atoms with Gasteiger partial charge in [0.2, 0.25) is 4.80 Å². The summed E-state index contributed by atoms with van der Waals surface area (Å²) in [7, 11) is 0. The summed E-state index contributed by atoms with van der Waals surface area (Å²) in [6.45, 7) is 4.15. The Bertz CT molecular complexity index is 856. The maximum Gasteiger partial charge on any atom is 0.206 e. The predicted octanol–water partition coefficient (Wildman–Crippen LogP) is 5.23. The van der Waals surface area contributed by atoms with Gasteiger partial charge in [0.15, 0.2) is 0 Å². The van der Waals surface area contributed by atoms with Gasteiger partial charge in [-0.1, -0.05) is 34.1 Å². The Kier molecular flexibility index (Phi) is 5.25. The summed E-state index contributed by atoms with van der Waals surface area (Å²) in [5.74, 6) is 0. The maximum atomic E-state index is 4.68. The molecule has 0 amide bonds. The predicted molar refractivity (Wildman–Crippen MR) is 103 cm³/mol. The molecular weight excluding hydrogens is 390 g/mol. The summed E-state index contributed by atoms with van der Waals surface area (Å²) < 4.78 is 2.99. The third-order valence-electron chi connectivity index (χ3n) is 3.04. The normalized spacial score (nSPS) is 12.6. The van der Waals surface area contributed by atoms with Gasteiger partial charge in [0.1, 0.15) is 0 Å². The first-order valence-corrected chi connectivity index (χ1v) is 9.77. The van der Waals surface area contributed by atoms with E-state index in [2.05, 4.69) is 68.8 Å². The molecule has 0 saturated heterocycles. The molecule has 0 unspecified atom stereocenters. The van der Waals surface area contributed by atoms with Crippen LogP contribution in [-0.4, -0.2) is 16.9 Å². The summed E-state index contributed by atoms with van der Waals surface area (Å²) in [6, 6.07) is 12.6. The lowest BCUT2D eigenvalue weighted by molar-refractivity contribution is 0.755. The quantitative estimate of drug-likeness (QED) is 0.531. The smallest absolute Gasteiger partial charge is 0.206 e. The number of halogens is 1. The number of thiazole rings is 1. The monoisotopic (exact) mass is 405 g/mol. The third-order valence-corrected chi connectivity index (χ3v) is 5.20. The second-order valence-electron chi connectivity index (χ2n) is 5.21. The summed E-state index contributed by atoms with van der Waals surface area (Å²) >= 11 is 6.77. The molecule has 3 nitrogen and oxygen atoms in total. The van der Waals surface area contributed by atoms with Gasteiger partial charge < -0.3 is 0 Å². The SMILES string of the molecule is CC(C)N=c1scc(-c2ccc(Br)cc2)n1N=Cc1cccs1. The zero-order valence-corrected chi connectivity index (χ0v) is 16.0. The van der Waals surface area contributed by atoms with Crippen LogP contribution in [0.25, 0.3) is 11.3 Å².